The summed E-state index contributed by atoms with van der Waals surface area (Å²) in [6.45, 7) is 0. The van der Waals surface area contributed by atoms with Crippen LogP contribution in [0.4, 0.5) is 0 Å². The number of nitrogens with zero attached hydrogens (tertiary/aromatic N) is 3. The van der Waals surface area contributed by atoms with E-state index < -0.39 is 0 Å². The minimum absolute atomic E-state index is 0.134. The van der Waals surface area contributed by atoms with Gasteiger partial charge < -0.3 is 4.74 Å². The number of methoxy groups -OCH3 is 1. The van der Waals surface area contributed by atoms with E-state index in [-0.39, 0.29) is 5.56 Å². The highest BCUT2D eigenvalue weighted by Crippen LogP contribution is 2.20. The van der Waals surface area contributed by atoms with Gasteiger partial charge in [-0.2, -0.15) is 0 Å². The monoisotopic (exact) mass is 369 g/mol. The molecule has 0 N–H and O–H groups in total. The van der Waals surface area contributed by atoms with Crippen molar-refractivity contribution < 1.29 is 4.74 Å². The van der Waals surface area contributed by atoms with E-state index in [1.807, 2.05) is 42.5 Å². The number of benzene rings is 2. The topological polar surface area (TPSA) is 56.5 Å². The lowest BCUT2D eigenvalue weighted by Crippen LogP contribution is -2.23. The Balaban J connectivity index is 1.84. The van der Waals surface area contributed by atoms with Crippen molar-refractivity contribution in [1.29, 1.82) is 0 Å². The smallest absolute Gasteiger partial charge is 0.276 e. The van der Waals surface area contributed by atoms with E-state index in [4.69, 9.17) is 16.3 Å². The fourth-order valence-corrected chi connectivity index (χ4v) is 3.54. The number of rotatable bonds is 3. The second-order valence-electron chi connectivity index (χ2n) is 5.34. The van der Waals surface area contributed by atoms with Crippen LogP contribution in [-0.4, -0.2) is 21.7 Å². The molecule has 0 bridgehead atoms. The first-order valence-electron chi connectivity index (χ1n) is 7.45. The first-order valence-corrected chi connectivity index (χ1v) is 8.65. The molecule has 0 aliphatic rings. The quantitative estimate of drug-likeness (QED) is 0.557. The van der Waals surface area contributed by atoms with Gasteiger partial charge in [-0.3, -0.25) is 4.79 Å². The van der Waals surface area contributed by atoms with E-state index in [1.54, 1.807) is 19.2 Å². The molecule has 5 nitrogen and oxygen atoms in total. The highest BCUT2D eigenvalue weighted by molar-refractivity contribution is 7.15. The maximum atomic E-state index is 12.8. The predicted molar refractivity (Wildman–Crippen MR) is 99.4 cm³/mol. The van der Waals surface area contributed by atoms with E-state index in [1.165, 1.54) is 15.7 Å². The van der Waals surface area contributed by atoms with Crippen LogP contribution in [0, 0.1) is 0 Å². The first kappa shape index (κ1) is 15.8. The molecule has 0 saturated heterocycles. The van der Waals surface area contributed by atoms with Gasteiger partial charge in [0.05, 0.1) is 11.6 Å². The second-order valence-corrected chi connectivity index (χ2v) is 6.78. The fraction of sp³-hybridized carbons (Fsp3) is 0.0556. The molecule has 0 spiro atoms. The van der Waals surface area contributed by atoms with E-state index in [9.17, 15) is 4.79 Å². The summed E-state index contributed by atoms with van der Waals surface area (Å²) in [5.41, 5.74) is 1.58. The van der Waals surface area contributed by atoms with Crippen molar-refractivity contribution in [3.63, 3.8) is 0 Å². The molecule has 0 amide bonds. The summed E-state index contributed by atoms with van der Waals surface area (Å²) in [6.07, 6.45) is 1.84. The molecule has 124 valence electrons. The summed E-state index contributed by atoms with van der Waals surface area (Å²) in [5, 5.41) is 8.89. The lowest BCUT2D eigenvalue weighted by molar-refractivity contribution is 0.415. The van der Waals surface area contributed by atoms with Crippen molar-refractivity contribution >= 4 is 34.0 Å². The van der Waals surface area contributed by atoms with Gasteiger partial charge in [-0.25, -0.2) is 4.40 Å². The maximum absolute atomic E-state index is 12.8. The minimum Gasteiger partial charge on any atom is -0.497 e. The van der Waals surface area contributed by atoms with E-state index in [2.05, 4.69) is 10.2 Å². The number of aromatic nitrogens is 3. The molecule has 0 aliphatic heterocycles. The fourth-order valence-electron chi connectivity index (χ4n) is 2.50. The predicted octanol–water partition coefficient (Wildman–Crippen LogP) is 3.03. The Hall–Kier alpha value is -2.70. The molecule has 0 atom stereocenters. The number of hydrogen-bond donors (Lipinski definition) is 0. The molecular formula is C18H12ClN3O2S. The van der Waals surface area contributed by atoms with Gasteiger partial charge in [0, 0.05) is 10.6 Å². The maximum Gasteiger partial charge on any atom is 0.276 e. The molecule has 0 saturated carbocycles. The largest absolute Gasteiger partial charge is 0.497 e. The Morgan fingerprint density at radius 3 is 2.48 bits per heavy atom. The molecule has 0 radical (unpaired) electrons. The molecule has 4 aromatic rings. The Kier molecular flexibility index (Phi) is 3.99. The van der Waals surface area contributed by atoms with Crippen LogP contribution in [0.3, 0.4) is 0 Å². The molecule has 2 heterocycles. The Morgan fingerprint density at radius 2 is 1.80 bits per heavy atom. The van der Waals surface area contributed by atoms with Crippen molar-refractivity contribution in [2.45, 2.75) is 0 Å². The van der Waals surface area contributed by atoms with E-state index in [0.717, 1.165) is 16.9 Å². The molecule has 4 rings (SSSR count). The number of ether oxygens (including phenoxy) is 1. The molecule has 2 aromatic heterocycles. The Labute approximate surface area is 151 Å². The zero-order valence-electron chi connectivity index (χ0n) is 13.1. The van der Waals surface area contributed by atoms with Gasteiger partial charge in [-0.05, 0) is 48.0 Å². The van der Waals surface area contributed by atoms with Crippen LogP contribution < -0.4 is 14.8 Å². The zero-order valence-corrected chi connectivity index (χ0v) is 14.7. The second kappa shape index (κ2) is 6.31. The lowest BCUT2D eigenvalue weighted by atomic mass is 10.2. The SMILES string of the molecule is COc1ccc(/C=c2\sc3nnc(-c4ccc(Cl)cc4)n3c2=O)cc1. The molecular weight excluding hydrogens is 358 g/mol. The molecule has 2 aromatic carbocycles. The van der Waals surface area contributed by atoms with Gasteiger partial charge in [0.25, 0.3) is 5.56 Å². The normalized spacial score (nSPS) is 12.0. The van der Waals surface area contributed by atoms with Crippen molar-refractivity contribution in [3.05, 3.63) is 74.0 Å². The minimum atomic E-state index is -0.134. The van der Waals surface area contributed by atoms with Crippen LogP contribution in [0.15, 0.2) is 53.3 Å². The van der Waals surface area contributed by atoms with Crippen molar-refractivity contribution in [2.75, 3.05) is 7.11 Å². The van der Waals surface area contributed by atoms with E-state index >= 15 is 0 Å². The third-order valence-corrected chi connectivity index (χ3v) is 4.98. The third kappa shape index (κ3) is 2.90. The highest BCUT2D eigenvalue weighted by Gasteiger charge is 2.14. The van der Waals surface area contributed by atoms with Crippen LogP contribution in [0.1, 0.15) is 5.56 Å². The number of thiazole rings is 1. The van der Waals surface area contributed by atoms with Crippen LogP contribution in [0.2, 0.25) is 5.02 Å². The van der Waals surface area contributed by atoms with E-state index in [0.29, 0.717) is 20.3 Å². The van der Waals surface area contributed by atoms with Crippen LogP contribution in [-0.2, 0) is 0 Å². The summed E-state index contributed by atoms with van der Waals surface area (Å²) < 4.78 is 7.28. The van der Waals surface area contributed by atoms with Crippen molar-refractivity contribution in [1.82, 2.24) is 14.6 Å². The molecule has 0 unspecified atom stereocenters. The van der Waals surface area contributed by atoms with Crippen LogP contribution in [0.25, 0.3) is 22.4 Å². The first-order chi connectivity index (χ1) is 12.2. The summed E-state index contributed by atoms with van der Waals surface area (Å²) in [7, 11) is 1.62. The number of hydrogen-bond acceptors (Lipinski definition) is 5. The summed E-state index contributed by atoms with van der Waals surface area (Å²) in [4.78, 5) is 13.4. The van der Waals surface area contributed by atoms with Gasteiger partial charge in [-0.1, -0.05) is 35.1 Å². The summed E-state index contributed by atoms with van der Waals surface area (Å²) >= 11 is 7.23. The summed E-state index contributed by atoms with van der Waals surface area (Å²) in [5.74, 6) is 1.29. The Morgan fingerprint density at radius 1 is 1.08 bits per heavy atom. The van der Waals surface area contributed by atoms with Gasteiger partial charge in [0.1, 0.15) is 5.75 Å². The standard InChI is InChI=1S/C18H12ClN3O2S/c1-24-14-8-2-11(3-9-14)10-15-17(23)22-16(20-21-18(22)25-15)12-4-6-13(19)7-5-12/h2-10H,1H3/b15-10-. The number of halogens is 1. The zero-order chi connectivity index (χ0) is 17.4. The molecule has 0 fully saturated rings. The average molecular weight is 370 g/mol. The molecule has 25 heavy (non-hydrogen) atoms. The number of fused-ring (bicyclic) bond motifs is 1. The highest BCUT2D eigenvalue weighted by atomic mass is 35.5. The van der Waals surface area contributed by atoms with Crippen LogP contribution >= 0.6 is 22.9 Å². The van der Waals surface area contributed by atoms with Gasteiger partial charge in [-0.15, -0.1) is 10.2 Å². The molecule has 0 aliphatic carbocycles. The van der Waals surface area contributed by atoms with Gasteiger partial charge >= 0.3 is 0 Å². The summed E-state index contributed by atoms with van der Waals surface area (Å²) in [6, 6.07) is 14.7. The van der Waals surface area contributed by atoms with Crippen molar-refractivity contribution in [3.8, 4) is 17.1 Å². The third-order valence-electron chi connectivity index (χ3n) is 3.76. The van der Waals surface area contributed by atoms with Crippen LogP contribution in [0.5, 0.6) is 5.75 Å². The van der Waals surface area contributed by atoms with Gasteiger partial charge in [0.2, 0.25) is 4.96 Å². The molecule has 7 heteroatoms. The average Bonchev–Trinajstić information content (AvgIpc) is 3.17. The Bertz CT molecular complexity index is 1150. The van der Waals surface area contributed by atoms with Crippen molar-refractivity contribution in [2.24, 2.45) is 0 Å². The van der Waals surface area contributed by atoms with Gasteiger partial charge in [0.15, 0.2) is 5.82 Å². The lowest BCUT2D eigenvalue weighted by Gasteiger charge is -1.98.